The van der Waals surface area contributed by atoms with E-state index < -0.39 is 24.4 Å². The maximum Gasteiger partial charge on any atom is 0.334 e. The minimum atomic E-state index is -1.13. The smallest absolute Gasteiger partial charge is 0.334 e. The number of cyclic esters (lactones) is 1. The minimum absolute atomic E-state index is 0.0714. The summed E-state index contributed by atoms with van der Waals surface area (Å²) in [5.74, 6) is -0.173. The molecule has 6 atom stereocenters. The third-order valence-electron chi connectivity index (χ3n) is 8.33. The Morgan fingerprint density at radius 2 is 1.02 bits per heavy atom. The van der Waals surface area contributed by atoms with Gasteiger partial charge in [0, 0.05) is 5.57 Å². The van der Waals surface area contributed by atoms with Gasteiger partial charge < -0.3 is 39.7 Å². The molecule has 0 bridgehead atoms. The van der Waals surface area contributed by atoms with Crippen LogP contribution in [0.2, 0.25) is 0 Å². The van der Waals surface area contributed by atoms with Gasteiger partial charge in [0.05, 0.1) is 44.7 Å². The third kappa shape index (κ3) is 22.4. The molecule has 1 rings (SSSR count). The highest BCUT2D eigenvalue weighted by atomic mass is 16.5. The summed E-state index contributed by atoms with van der Waals surface area (Å²) in [5.41, 5.74) is 0.804. The number of esters is 1. The first-order valence-electron chi connectivity index (χ1n) is 17.7. The first kappa shape index (κ1) is 41.0. The number of carbonyl (C=O) groups excluding carboxylic acids is 1. The highest BCUT2D eigenvalue weighted by Gasteiger charge is 2.21. The summed E-state index contributed by atoms with van der Waals surface area (Å²) >= 11 is 0. The van der Waals surface area contributed by atoms with Gasteiger partial charge in [-0.3, -0.25) is 0 Å². The molecule has 5 N–H and O–H groups in total. The maximum absolute atomic E-state index is 11.6. The van der Waals surface area contributed by atoms with Crippen molar-refractivity contribution in [3.63, 3.8) is 0 Å². The van der Waals surface area contributed by atoms with Gasteiger partial charge in [-0.25, -0.2) is 4.79 Å². The average molecular weight is 631 g/mol. The second-order valence-electron chi connectivity index (χ2n) is 12.8. The number of unbranched alkanes of at least 4 members (excludes halogenated alkanes) is 12. The number of hydrogen-bond acceptors (Lipinski definition) is 9. The minimum Gasteiger partial charge on any atom is -0.455 e. The van der Waals surface area contributed by atoms with Gasteiger partial charge >= 0.3 is 5.97 Å². The van der Waals surface area contributed by atoms with Crippen molar-refractivity contribution >= 4 is 5.97 Å². The Morgan fingerprint density at radius 3 is 1.48 bits per heavy atom. The normalized spacial score (nSPS) is 18.6. The number of rotatable bonds is 31. The van der Waals surface area contributed by atoms with Gasteiger partial charge in [0.15, 0.2) is 0 Å². The number of aliphatic hydroxyl groups is 5. The van der Waals surface area contributed by atoms with E-state index in [0.29, 0.717) is 19.3 Å². The molecule has 1 aliphatic heterocycles. The molecule has 260 valence electrons. The molecule has 0 aliphatic carbocycles. The van der Waals surface area contributed by atoms with E-state index >= 15 is 0 Å². The molecule has 9 nitrogen and oxygen atoms in total. The van der Waals surface area contributed by atoms with Gasteiger partial charge in [-0.05, 0) is 51.5 Å². The summed E-state index contributed by atoms with van der Waals surface area (Å²) in [4.78, 5) is 11.6. The van der Waals surface area contributed by atoms with E-state index in [1.165, 1.54) is 38.5 Å². The molecule has 0 saturated heterocycles. The lowest BCUT2D eigenvalue weighted by molar-refractivity contribution is -0.139. The summed E-state index contributed by atoms with van der Waals surface area (Å²) in [6.07, 6.45) is 18.0. The standard InChI is InChI=1S/C35H66O9/c1-3-4-5-6-7-8-11-15-21-31(37)24-42-26-33(39)34(40)27-43-25-32(38)22-17-16-20-30(36)19-14-12-9-10-13-18-29-23-28(2)44-35(29)41/h23,28,30-34,36-40H,3-22,24-27H2,1-2H3/t28-,30+,31-,32-,33-,34-/m0/s1. The van der Waals surface area contributed by atoms with E-state index in [1.54, 1.807) is 0 Å². The van der Waals surface area contributed by atoms with Crippen LogP contribution in [0, 0.1) is 0 Å². The largest absolute Gasteiger partial charge is 0.455 e. The zero-order valence-electron chi connectivity index (χ0n) is 27.9. The van der Waals surface area contributed by atoms with Crippen molar-refractivity contribution in [2.24, 2.45) is 0 Å². The Kier molecular flexibility index (Phi) is 25.2. The molecule has 0 radical (unpaired) electrons. The molecule has 44 heavy (non-hydrogen) atoms. The molecular formula is C35H66O9. The van der Waals surface area contributed by atoms with Crippen LogP contribution in [-0.4, -0.2) is 94.6 Å². The van der Waals surface area contributed by atoms with Gasteiger partial charge in [-0.15, -0.1) is 0 Å². The van der Waals surface area contributed by atoms with E-state index in [4.69, 9.17) is 14.2 Å². The van der Waals surface area contributed by atoms with Crippen molar-refractivity contribution in [2.75, 3.05) is 26.4 Å². The summed E-state index contributed by atoms with van der Waals surface area (Å²) in [7, 11) is 0. The predicted octanol–water partition coefficient (Wildman–Crippen LogP) is 5.52. The molecule has 0 aromatic heterocycles. The van der Waals surface area contributed by atoms with Crippen LogP contribution in [0.5, 0.6) is 0 Å². The van der Waals surface area contributed by atoms with E-state index in [0.717, 1.165) is 76.2 Å². The van der Waals surface area contributed by atoms with E-state index in [1.807, 2.05) is 13.0 Å². The zero-order chi connectivity index (χ0) is 32.4. The van der Waals surface area contributed by atoms with E-state index in [-0.39, 0.29) is 44.6 Å². The van der Waals surface area contributed by atoms with Crippen molar-refractivity contribution in [2.45, 2.75) is 179 Å². The topological polar surface area (TPSA) is 146 Å². The van der Waals surface area contributed by atoms with E-state index in [2.05, 4.69) is 6.92 Å². The second-order valence-corrected chi connectivity index (χ2v) is 12.8. The van der Waals surface area contributed by atoms with Crippen LogP contribution in [-0.2, 0) is 19.0 Å². The molecule has 0 amide bonds. The number of carbonyl (C=O) groups is 1. The Labute approximate surface area is 267 Å². The zero-order valence-corrected chi connectivity index (χ0v) is 27.9. The average Bonchev–Trinajstić information content (AvgIpc) is 3.32. The molecule has 9 heteroatoms. The maximum atomic E-state index is 11.6. The first-order valence-corrected chi connectivity index (χ1v) is 17.7. The van der Waals surface area contributed by atoms with Crippen LogP contribution in [0.15, 0.2) is 11.6 Å². The monoisotopic (exact) mass is 630 g/mol. The Balaban J connectivity index is 1.91. The molecule has 0 unspecified atom stereocenters. The number of aliphatic hydroxyl groups excluding tert-OH is 5. The second kappa shape index (κ2) is 27.1. The van der Waals surface area contributed by atoms with Crippen LogP contribution < -0.4 is 0 Å². The summed E-state index contributed by atoms with van der Waals surface area (Å²) in [6.45, 7) is 4.10. The van der Waals surface area contributed by atoms with Crippen molar-refractivity contribution in [3.8, 4) is 0 Å². The molecule has 0 saturated carbocycles. The predicted molar refractivity (Wildman–Crippen MR) is 173 cm³/mol. The molecule has 0 spiro atoms. The first-order chi connectivity index (χ1) is 21.2. The third-order valence-corrected chi connectivity index (χ3v) is 8.33. The number of ether oxygens (including phenoxy) is 3. The molecule has 0 aromatic rings. The summed E-state index contributed by atoms with van der Waals surface area (Å²) in [5, 5.41) is 50.6. The van der Waals surface area contributed by atoms with Crippen LogP contribution in [0.4, 0.5) is 0 Å². The number of hydrogen-bond donors (Lipinski definition) is 5. The van der Waals surface area contributed by atoms with Crippen molar-refractivity contribution < 1.29 is 44.5 Å². The van der Waals surface area contributed by atoms with Crippen LogP contribution in [0.1, 0.15) is 142 Å². The van der Waals surface area contributed by atoms with Gasteiger partial charge in [0.1, 0.15) is 18.3 Å². The van der Waals surface area contributed by atoms with Gasteiger partial charge in [-0.2, -0.15) is 0 Å². The summed E-state index contributed by atoms with van der Waals surface area (Å²) in [6, 6.07) is 0. The summed E-state index contributed by atoms with van der Waals surface area (Å²) < 4.78 is 15.9. The van der Waals surface area contributed by atoms with Crippen LogP contribution in [0.3, 0.4) is 0 Å². The molecule has 0 aromatic carbocycles. The van der Waals surface area contributed by atoms with Gasteiger partial charge in [0.25, 0.3) is 0 Å². The van der Waals surface area contributed by atoms with Crippen molar-refractivity contribution in [1.82, 2.24) is 0 Å². The van der Waals surface area contributed by atoms with Crippen LogP contribution in [0.25, 0.3) is 0 Å². The Bertz CT molecular complexity index is 716. The molecule has 0 fully saturated rings. The lowest BCUT2D eigenvalue weighted by atomic mass is 10.0. The van der Waals surface area contributed by atoms with Crippen molar-refractivity contribution in [3.05, 3.63) is 11.6 Å². The quantitative estimate of drug-likeness (QED) is 0.0494. The van der Waals surface area contributed by atoms with Crippen LogP contribution >= 0.6 is 0 Å². The molecule has 1 heterocycles. The molecule has 1 aliphatic rings. The fraction of sp³-hybridized carbons (Fsp3) is 0.914. The van der Waals surface area contributed by atoms with E-state index in [9.17, 15) is 30.3 Å². The fourth-order valence-electron chi connectivity index (χ4n) is 5.50. The van der Waals surface area contributed by atoms with Gasteiger partial charge in [-0.1, -0.05) is 96.8 Å². The Hall–Kier alpha value is -1.07. The van der Waals surface area contributed by atoms with Crippen molar-refractivity contribution in [1.29, 1.82) is 0 Å². The fourth-order valence-corrected chi connectivity index (χ4v) is 5.50. The highest BCUT2D eigenvalue weighted by molar-refractivity contribution is 5.90. The van der Waals surface area contributed by atoms with Gasteiger partial charge in [0.2, 0.25) is 0 Å². The molecular weight excluding hydrogens is 564 g/mol. The SMILES string of the molecule is CCCCCCCCCC[C@H](O)COC[C@H](O)[C@@H](O)COC[C@@H](O)CCCC[C@H](O)CCCCCCCC1=C[C@H](C)OC1=O. The lowest BCUT2D eigenvalue weighted by Crippen LogP contribution is -2.36. The Morgan fingerprint density at radius 1 is 0.614 bits per heavy atom. The highest BCUT2D eigenvalue weighted by Crippen LogP contribution is 2.20. The lowest BCUT2D eigenvalue weighted by Gasteiger charge is -2.20.